The molecule has 4 nitrogen and oxygen atoms in total. The SMILES string of the molecule is CC(C)(C)[Si](C)(C)OCCC[C@@H](Cl)[C@@H](O)CC(=O)CCCO[Si](c1ccccc1)(c1ccccc1)C(C)(C)C. The maximum atomic E-state index is 12.7. The summed E-state index contributed by atoms with van der Waals surface area (Å²) >= 11 is 6.46. The Balaban J connectivity index is 1.90. The number of ketones is 1. The molecule has 0 aliphatic rings. The van der Waals surface area contributed by atoms with Gasteiger partial charge in [0.2, 0.25) is 0 Å². The van der Waals surface area contributed by atoms with Gasteiger partial charge in [0.1, 0.15) is 5.78 Å². The lowest BCUT2D eigenvalue weighted by Crippen LogP contribution is -2.66. The Hall–Kier alpha value is -1.29. The second-order valence-electron chi connectivity index (χ2n) is 13.2. The van der Waals surface area contributed by atoms with Gasteiger partial charge in [-0.1, -0.05) is 102 Å². The smallest absolute Gasteiger partial charge is 0.261 e. The molecule has 0 unspecified atom stereocenters. The highest BCUT2D eigenvalue weighted by Gasteiger charge is 2.50. The third-order valence-electron chi connectivity index (χ3n) is 8.08. The molecule has 0 aliphatic heterocycles. The molecule has 0 saturated heterocycles. The first-order valence-corrected chi connectivity index (χ1v) is 19.6. The summed E-state index contributed by atoms with van der Waals surface area (Å²) in [7, 11) is -4.39. The van der Waals surface area contributed by atoms with Crippen molar-refractivity contribution >= 4 is 44.4 Å². The van der Waals surface area contributed by atoms with Gasteiger partial charge in [-0.25, -0.2) is 0 Å². The predicted molar refractivity (Wildman–Crippen MR) is 170 cm³/mol. The van der Waals surface area contributed by atoms with Gasteiger partial charge in [0, 0.05) is 26.1 Å². The van der Waals surface area contributed by atoms with Crippen LogP contribution in [0, 0.1) is 0 Å². The summed E-state index contributed by atoms with van der Waals surface area (Å²) in [6.07, 6.45) is 1.62. The van der Waals surface area contributed by atoms with E-state index < -0.39 is 28.1 Å². The molecule has 0 spiro atoms. The fourth-order valence-corrected chi connectivity index (χ4v) is 10.7. The first-order chi connectivity index (χ1) is 18.1. The van der Waals surface area contributed by atoms with E-state index in [0.717, 1.165) is 6.42 Å². The summed E-state index contributed by atoms with van der Waals surface area (Å²) in [5.74, 6) is 0.0247. The Kier molecular flexibility index (Phi) is 12.7. The van der Waals surface area contributed by atoms with Crippen LogP contribution < -0.4 is 10.4 Å². The number of Topliss-reactive ketones (excluding diaryl/α,β-unsaturated/α-hetero) is 1. The molecule has 0 aliphatic carbocycles. The van der Waals surface area contributed by atoms with Crippen molar-refractivity contribution in [1.29, 1.82) is 0 Å². The Morgan fingerprint density at radius 2 is 1.31 bits per heavy atom. The van der Waals surface area contributed by atoms with E-state index in [2.05, 4.69) is 103 Å². The molecule has 0 aromatic heterocycles. The minimum Gasteiger partial charge on any atom is -0.417 e. The Morgan fingerprint density at radius 3 is 1.77 bits per heavy atom. The van der Waals surface area contributed by atoms with Gasteiger partial charge >= 0.3 is 0 Å². The van der Waals surface area contributed by atoms with Gasteiger partial charge in [-0.2, -0.15) is 0 Å². The number of aliphatic hydroxyl groups is 1. The van der Waals surface area contributed by atoms with E-state index in [-0.39, 0.29) is 22.3 Å². The van der Waals surface area contributed by atoms with Gasteiger partial charge in [-0.05, 0) is 52.8 Å². The van der Waals surface area contributed by atoms with Crippen LogP contribution in [0.25, 0.3) is 0 Å². The zero-order valence-corrected chi connectivity index (χ0v) is 28.2. The highest BCUT2D eigenvalue weighted by Crippen LogP contribution is 2.37. The number of rotatable bonds is 15. The molecule has 2 aromatic carbocycles. The fraction of sp³-hybridized carbons (Fsp3) is 0.594. The summed E-state index contributed by atoms with van der Waals surface area (Å²) in [5, 5.41) is 12.6. The second-order valence-corrected chi connectivity index (χ2v) is 22.9. The minimum absolute atomic E-state index is 0.0247. The van der Waals surface area contributed by atoms with Gasteiger partial charge < -0.3 is 14.0 Å². The molecule has 1 N–H and O–H groups in total. The van der Waals surface area contributed by atoms with Crippen LogP contribution >= 0.6 is 11.6 Å². The number of aliphatic hydroxyl groups excluding tert-OH is 1. The molecule has 0 saturated carbocycles. The van der Waals surface area contributed by atoms with Crippen LogP contribution in [0.2, 0.25) is 23.2 Å². The Morgan fingerprint density at radius 1 is 0.821 bits per heavy atom. The van der Waals surface area contributed by atoms with Crippen LogP contribution in [0.3, 0.4) is 0 Å². The predicted octanol–water partition coefficient (Wildman–Crippen LogP) is 7.07. The average molecular weight is 591 g/mol. The summed E-state index contributed by atoms with van der Waals surface area (Å²) in [6.45, 7) is 19.0. The summed E-state index contributed by atoms with van der Waals surface area (Å²) in [4.78, 5) is 12.7. The minimum atomic E-state index is -2.61. The lowest BCUT2D eigenvalue weighted by atomic mass is 10.0. The van der Waals surface area contributed by atoms with E-state index in [1.807, 2.05) is 12.1 Å². The second kappa shape index (κ2) is 14.6. The molecular formula is C32H51ClO4Si2. The topological polar surface area (TPSA) is 55.8 Å². The van der Waals surface area contributed by atoms with Crippen LogP contribution in [-0.4, -0.2) is 52.2 Å². The number of benzene rings is 2. The van der Waals surface area contributed by atoms with Crippen molar-refractivity contribution in [3.8, 4) is 0 Å². The quantitative estimate of drug-likeness (QED) is 0.137. The first-order valence-electron chi connectivity index (χ1n) is 14.3. The zero-order valence-electron chi connectivity index (χ0n) is 25.4. The van der Waals surface area contributed by atoms with Crippen LogP contribution in [0.1, 0.15) is 73.6 Å². The third-order valence-corrected chi connectivity index (χ3v) is 18.2. The number of hydrogen-bond donors (Lipinski definition) is 1. The van der Waals surface area contributed by atoms with E-state index in [4.69, 9.17) is 20.5 Å². The normalized spacial score (nSPS) is 14.7. The lowest BCUT2D eigenvalue weighted by molar-refractivity contribution is -0.121. The number of hydrogen-bond acceptors (Lipinski definition) is 4. The molecule has 0 radical (unpaired) electrons. The zero-order chi connectivity index (χ0) is 29.3. The van der Waals surface area contributed by atoms with Crippen molar-refractivity contribution in [2.24, 2.45) is 0 Å². The van der Waals surface area contributed by atoms with Gasteiger partial charge in [0.05, 0.1) is 11.5 Å². The summed E-state index contributed by atoms with van der Waals surface area (Å²) in [6, 6.07) is 21.0. The van der Waals surface area contributed by atoms with Crippen molar-refractivity contribution in [1.82, 2.24) is 0 Å². The molecular weight excluding hydrogens is 540 g/mol. The highest BCUT2D eigenvalue weighted by atomic mass is 35.5. The lowest BCUT2D eigenvalue weighted by Gasteiger charge is -2.43. The van der Waals surface area contributed by atoms with Crippen LogP contribution in [0.5, 0.6) is 0 Å². The Bertz CT molecular complexity index is 961. The molecule has 0 fully saturated rings. The summed E-state index contributed by atoms with van der Waals surface area (Å²) < 4.78 is 13.1. The van der Waals surface area contributed by atoms with Crippen molar-refractivity contribution in [2.45, 2.75) is 108 Å². The molecule has 2 rings (SSSR count). The molecule has 39 heavy (non-hydrogen) atoms. The van der Waals surface area contributed by atoms with Gasteiger partial charge in [0.25, 0.3) is 8.32 Å². The average Bonchev–Trinajstić information content (AvgIpc) is 2.86. The fourth-order valence-electron chi connectivity index (χ4n) is 4.73. The number of alkyl halides is 1. The van der Waals surface area contributed by atoms with Crippen molar-refractivity contribution < 1.29 is 18.8 Å². The molecule has 2 aromatic rings. The van der Waals surface area contributed by atoms with Crippen LogP contribution in [-0.2, 0) is 13.6 Å². The third kappa shape index (κ3) is 9.37. The standard InChI is InChI=1S/C32H51ClO4Si2/c1-31(2,3)38(7,8)36-23-16-22-29(33)30(35)25-26(34)17-15-24-37-39(32(4,5)6,27-18-11-9-12-19-27)28-20-13-10-14-21-28/h9-14,18-21,29-30,35H,15-17,22-25H2,1-8H3/t29-,30+/m1/s1. The van der Waals surface area contributed by atoms with Crippen molar-refractivity contribution in [3.05, 3.63) is 60.7 Å². The van der Waals surface area contributed by atoms with Gasteiger partial charge in [-0.3, -0.25) is 4.79 Å². The molecule has 0 amide bonds. The number of halogens is 1. The van der Waals surface area contributed by atoms with E-state index in [9.17, 15) is 9.90 Å². The highest BCUT2D eigenvalue weighted by molar-refractivity contribution is 6.99. The van der Waals surface area contributed by atoms with E-state index in [1.54, 1.807) is 0 Å². The Labute approximate surface area is 244 Å². The summed E-state index contributed by atoms with van der Waals surface area (Å²) in [5.41, 5.74) is 0. The maximum absolute atomic E-state index is 12.7. The monoisotopic (exact) mass is 590 g/mol. The first kappa shape index (κ1) is 33.9. The molecule has 0 heterocycles. The van der Waals surface area contributed by atoms with E-state index in [1.165, 1.54) is 10.4 Å². The molecule has 2 atom stereocenters. The van der Waals surface area contributed by atoms with Gasteiger partial charge in [0.15, 0.2) is 8.32 Å². The van der Waals surface area contributed by atoms with Gasteiger partial charge in [-0.15, -0.1) is 11.6 Å². The molecule has 7 heteroatoms. The number of carbonyl (C=O) groups excluding carboxylic acids is 1. The van der Waals surface area contributed by atoms with Crippen molar-refractivity contribution in [3.63, 3.8) is 0 Å². The van der Waals surface area contributed by atoms with E-state index in [0.29, 0.717) is 32.5 Å². The largest absolute Gasteiger partial charge is 0.417 e. The van der Waals surface area contributed by atoms with Crippen molar-refractivity contribution in [2.75, 3.05) is 13.2 Å². The maximum Gasteiger partial charge on any atom is 0.261 e. The number of carbonyl (C=O) groups is 1. The molecule has 0 bridgehead atoms. The van der Waals surface area contributed by atoms with E-state index >= 15 is 0 Å². The van der Waals surface area contributed by atoms with Crippen LogP contribution in [0.15, 0.2) is 60.7 Å². The van der Waals surface area contributed by atoms with Crippen LogP contribution in [0.4, 0.5) is 0 Å². The molecule has 218 valence electrons.